The van der Waals surface area contributed by atoms with E-state index in [9.17, 15) is 9.90 Å². The van der Waals surface area contributed by atoms with Crippen LogP contribution in [0.2, 0.25) is 0 Å². The van der Waals surface area contributed by atoms with Gasteiger partial charge in [0.2, 0.25) is 5.91 Å². The van der Waals surface area contributed by atoms with Gasteiger partial charge in [0.05, 0.1) is 4.83 Å². The lowest BCUT2D eigenvalue weighted by Crippen LogP contribution is -2.49. The maximum atomic E-state index is 12.0. The van der Waals surface area contributed by atoms with E-state index in [0.29, 0.717) is 12.0 Å². The van der Waals surface area contributed by atoms with Crippen molar-refractivity contribution in [3.8, 4) is 0 Å². The number of piperidine rings is 1. The van der Waals surface area contributed by atoms with E-state index in [1.807, 2.05) is 4.90 Å². The number of alkyl halides is 1. The summed E-state index contributed by atoms with van der Waals surface area (Å²) in [4.78, 5) is 14.0. The van der Waals surface area contributed by atoms with Gasteiger partial charge in [-0.2, -0.15) is 0 Å². The van der Waals surface area contributed by atoms with Crippen LogP contribution in [0.25, 0.3) is 0 Å². The van der Waals surface area contributed by atoms with Crippen LogP contribution in [0, 0.1) is 5.92 Å². The molecule has 1 saturated carbocycles. The fraction of sp³-hybridized carbons (Fsp3) is 0.909. The molecule has 0 radical (unpaired) electrons. The van der Waals surface area contributed by atoms with E-state index in [2.05, 4.69) is 15.9 Å². The molecule has 2 rings (SSSR count). The molecule has 2 aliphatic rings. The molecule has 1 N–H and O–H groups in total. The summed E-state index contributed by atoms with van der Waals surface area (Å²) in [5.41, 5.74) is 0. The molecular formula is C11H18BrNO2. The molecule has 0 aromatic carbocycles. The van der Waals surface area contributed by atoms with Crippen molar-refractivity contribution < 1.29 is 9.90 Å². The lowest BCUT2D eigenvalue weighted by atomic mass is 10.00. The topological polar surface area (TPSA) is 40.5 Å². The molecular weight excluding hydrogens is 258 g/mol. The van der Waals surface area contributed by atoms with Crippen LogP contribution in [0.15, 0.2) is 0 Å². The predicted molar refractivity (Wildman–Crippen MR) is 61.9 cm³/mol. The van der Waals surface area contributed by atoms with E-state index in [1.165, 1.54) is 0 Å². The summed E-state index contributed by atoms with van der Waals surface area (Å²) < 4.78 is 0. The summed E-state index contributed by atoms with van der Waals surface area (Å²) in [7, 11) is 0. The van der Waals surface area contributed by atoms with Gasteiger partial charge in [-0.15, -0.1) is 0 Å². The molecule has 1 aliphatic carbocycles. The summed E-state index contributed by atoms with van der Waals surface area (Å²) >= 11 is 3.43. The van der Waals surface area contributed by atoms with Gasteiger partial charge in [-0.3, -0.25) is 4.79 Å². The zero-order chi connectivity index (χ0) is 10.8. The fourth-order valence-electron chi connectivity index (χ4n) is 2.82. The first-order chi connectivity index (χ1) is 7.24. The van der Waals surface area contributed by atoms with Crippen LogP contribution in [0.3, 0.4) is 0 Å². The van der Waals surface area contributed by atoms with Crippen LogP contribution in [-0.2, 0) is 4.79 Å². The summed E-state index contributed by atoms with van der Waals surface area (Å²) in [5.74, 6) is 0.540. The first-order valence-electron chi connectivity index (χ1n) is 5.79. The molecule has 3 atom stereocenters. The number of aliphatic hydroxyl groups excluding tert-OH is 1. The summed E-state index contributed by atoms with van der Waals surface area (Å²) in [6, 6.07) is 0.294. The van der Waals surface area contributed by atoms with Crippen LogP contribution < -0.4 is 0 Å². The second-order valence-corrected chi connectivity index (χ2v) is 5.69. The van der Waals surface area contributed by atoms with Gasteiger partial charge in [-0.25, -0.2) is 0 Å². The molecule has 1 aliphatic heterocycles. The number of rotatable bonds is 2. The molecule has 3 nitrogen and oxygen atoms in total. The number of nitrogens with zero attached hydrogens (tertiary/aromatic N) is 1. The van der Waals surface area contributed by atoms with Crippen LogP contribution in [-0.4, -0.2) is 39.9 Å². The quantitative estimate of drug-likeness (QED) is 0.777. The van der Waals surface area contributed by atoms with Crippen molar-refractivity contribution in [2.75, 3.05) is 13.2 Å². The zero-order valence-electron chi connectivity index (χ0n) is 8.86. The standard InChI is InChI=1S/C11H18BrNO2/c12-9-4-2-6-13(11(9)15)10-5-1-3-8(10)7-14/h8-10,14H,1-7H2. The minimum atomic E-state index is 0.00573. The SMILES string of the molecule is O=C1C(Br)CCCN1C1CCCC1CO. The maximum Gasteiger partial charge on any atom is 0.236 e. The summed E-state index contributed by atoms with van der Waals surface area (Å²) in [5, 5.41) is 9.27. The molecule has 3 unspecified atom stereocenters. The molecule has 1 saturated heterocycles. The van der Waals surface area contributed by atoms with E-state index < -0.39 is 0 Å². The Morgan fingerprint density at radius 1 is 1.33 bits per heavy atom. The molecule has 1 amide bonds. The largest absolute Gasteiger partial charge is 0.396 e. The Balaban J connectivity index is 2.05. The van der Waals surface area contributed by atoms with Crippen molar-refractivity contribution in [3.05, 3.63) is 0 Å². The van der Waals surface area contributed by atoms with Gasteiger partial charge in [0.1, 0.15) is 0 Å². The smallest absolute Gasteiger partial charge is 0.236 e. The fourth-order valence-corrected chi connectivity index (χ4v) is 3.41. The molecule has 2 fully saturated rings. The highest BCUT2D eigenvalue weighted by atomic mass is 79.9. The Bertz CT molecular complexity index is 247. The number of carbonyl (C=O) groups excluding carboxylic acids is 1. The predicted octanol–water partition coefficient (Wildman–Crippen LogP) is 1.53. The van der Waals surface area contributed by atoms with E-state index in [4.69, 9.17) is 0 Å². The second-order valence-electron chi connectivity index (χ2n) is 4.58. The number of carbonyl (C=O) groups is 1. The van der Waals surface area contributed by atoms with Crippen molar-refractivity contribution in [1.82, 2.24) is 4.90 Å². The van der Waals surface area contributed by atoms with Gasteiger partial charge in [-0.1, -0.05) is 22.4 Å². The Morgan fingerprint density at radius 3 is 2.87 bits per heavy atom. The highest BCUT2D eigenvalue weighted by Crippen LogP contribution is 2.32. The van der Waals surface area contributed by atoms with Crippen molar-refractivity contribution in [2.45, 2.75) is 43.0 Å². The number of likely N-dealkylation sites (tertiary alicyclic amines) is 1. The van der Waals surface area contributed by atoms with Crippen LogP contribution in [0.1, 0.15) is 32.1 Å². The summed E-state index contributed by atoms with van der Waals surface area (Å²) in [6.07, 6.45) is 5.31. The van der Waals surface area contributed by atoms with Crippen molar-refractivity contribution in [2.24, 2.45) is 5.92 Å². The second kappa shape index (κ2) is 4.83. The summed E-state index contributed by atoms with van der Waals surface area (Å²) in [6.45, 7) is 1.10. The van der Waals surface area contributed by atoms with Gasteiger partial charge < -0.3 is 10.0 Å². The molecule has 0 aromatic heterocycles. The lowest BCUT2D eigenvalue weighted by molar-refractivity contribution is -0.136. The lowest BCUT2D eigenvalue weighted by Gasteiger charge is -2.37. The molecule has 0 bridgehead atoms. The van der Waals surface area contributed by atoms with Crippen LogP contribution in [0.5, 0.6) is 0 Å². The Hall–Kier alpha value is -0.0900. The molecule has 0 aromatic rings. The monoisotopic (exact) mass is 275 g/mol. The normalized spacial score (nSPS) is 37.3. The minimum absolute atomic E-state index is 0.00573. The third kappa shape index (κ3) is 2.21. The molecule has 4 heteroatoms. The van der Waals surface area contributed by atoms with Gasteiger partial charge in [0, 0.05) is 25.1 Å². The third-order valence-electron chi connectivity index (χ3n) is 3.66. The van der Waals surface area contributed by atoms with Crippen molar-refractivity contribution in [1.29, 1.82) is 0 Å². The van der Waals surface area contributed by atoms with Crippen molar-refractivity contribution >= 4 is 21.8 Å². The first-order valence-corrected chi connectivity index (χ1v) is 6.71. The number of aliphatic hydroxyl groups is 1. The van der Waals surface area contributed by atoms with E-state index in [1.54, 1.807) is 0 Å². The van der Waals surface area contributed by atoms with Gasteiger partial charge in [-0.05, 0) is 25.7 Å². The minimum Gasteiger partial charge on any atom is -0.396 e. The van der Waals surface area contributed by atoms with E-state index in [-0.39, 0.29) is 17.3 Å². The number of hydrogen-bond donors (Lipinski definition) is 1. The zero-order valence-corrected chi connectivity index (χ0v) is 10.4. The van der Waals surface area contributed by atoms with Gasteiger partial charge in [0.25, 0.3) is 0 Å². The Labute approximate surface area is 99.0 Å². The first kappa shape index (κ1) is 11.4. The molecule has 1 heterocycles. The number of hydrogen-bond acceptors (Lipinski definition) is 2. The molecule has 86 valence electrons. The third-order valence-corrected chi connectivity index (χ3v) is 4.51. The maximum absolute atomic E-state index is 12.0. The molecule has 15 heavy (non-hydrogen) atoms. The molecule has 0 spiro atoms. The number of halogens is 1. The van der Waals surface area contributed by atoms with Gasteiger partial charge >= 0.3 is 0 Å². The van der Waals surface area contributed by atoms with E-state index in [0.717, 1.165) is 38.6 Å². The van der Waals surface area contributed by atoms with Crippen molar-refractivity contribution in [3.63, 3.8) is 0 Å². The Kier molecular flexibility index (Phi) is 3.67. The van der Waals surface area contributed by atoms with E-state index >= 15 is 0 Å². The van der Waals surface area contributed by atoms with Gasteiger partial charge in [0.15, 0.2) is 0 Å². The van der Waals surface area contributed by atoms with Crippen LogP contribution in [0.4, 0.5) is 0 Å². The average Bonchev–Trinajstić information content (AvgIpc) is 2.70. The number of amides is 1. The highest BCUT2D eigenvalue weighted by molar-refractivity contribution is 9.10. The average molecular weight is 276 g/mol. The highest BCUT2D eigenvalue weighted by Gasteiger charge is 2.37. The van der Waals surface area contributed by atoms with Crippen LogP contribution >= 0.6 is 15.9 Å². The Morgan fingerprint density at radius 2 is 2.13 bits per heavy atom.